The average molecular weight is 466 g/mol. The van der Waals surface area contributed by atoms with Gasteiger partial charge in [-0.05, 0) is 78.9 Å². The van der Waals surface area contributed by atoms with Gasteiger partial charge in [-0.1, -0.05) is 12.1 Å². The Labute approximate surface area is 194 Å². The van der Waals surface area contributed by atoms with Gasteiger partial charge in [-0.3, -0.25) is 9.78 Å². The van der Waals surface area contributed by atoms with E-state index in [1.54, 1.807) is 24.5 Å². The number of ether oxygens (including phenoxy) is 1. The highest BCUT2D eigenvalue weighted by molar-refractivity contribution is 7.89. The van der Waals surface area contributed by atoms with E-state index in [-0.39, 0.29) is 17.3 Å². The van der Waals surface area contributed by atoms with Crippen molar-refractivity contribution >= 4 is 21.6 Å². The van der Waals surface area contributed by atoms with Gasteiger partial charge in [-0.25, -0.2) is 8.42 Å². The number of sulfonamides is 1. The van der Waals surface area contributed by atoms with Crippen LogP contribution in [0.1, 0.15) is 24.0 Å². The summed E-state index contributed by atoms with van der Waals surface area (Å²) in [4.78, 5) is 17.1. The summed E-state index contributed by atoms with van der Waals surface area (Å²) >= 11 is 0. The second-order valence-electron chi connectivity index (χ2n) is 8.10. The summed E-state index contributed by atoms with van der Waals surface area (Å²) in [5.41, 5.74) is 3.00. The predicted molar refractivity (Wildman–Crippen MR) is 127 cm³/mol. The van der Waals surface area contributed by atoms with Gasteiger partial charge in [0, 0.05) is 31.2 Å². The molecule has 7 nitrogen and oxygen atoms in total. The second kappa shape index (κ2) is 10.1. The van der Waals surface area contributed by atoms with Crippen LogP contribution in [0.5, 0.6) is 5.75 Å². The first kappa shape index (κ1) is 22.9. The summed E-state index contributed by atoms with van der Waals surface area (Å²) in [5, 5.41) is 2.94. The molecule has 1 saturated heterocycles. The van der Waals surface area contributed by atoms with E-state index in [4.69, 9.17) is 4.74 Å². The lowest BCUT2D eigenvalue weighted by atomic mass is 9.98. The molecule has 0 saturated carbocycles. The van der Waals surface area contributed by atoms with Crippen molar-refractivity contribution in [2.75, 3.05) is 25.5 Å². The van der Waals surface area contributed by atoms with Crippen molar-refractivity contribution in [3.05, 3.63) is 84.2 Å². The number of pyridine rings is 1. The molecule has 1 aliphatic heterocycles. The summed E-state index contributed by atoms with van der Waals surface area (Å²) in [6.07, 6.45) is 5.62. The van der Waals surface area contributed by atoms with Gasteiger partial charge in [0.1, 0.15) is 5.75 Å². The van der Waals surface area contributed by atoms with E-state index in [1.807, 2.05) is 36.4 Å². The molecule has 1 amide bonds. The minimum atomic E-state index is -3.67. The fourth-order valence-corrected chi connectivity index (χ4v) is 5.48. The van der Waals surface area contributed by atoms with E-state index < -0.39 is 15.9 Å². The third kappa shape index (κ3) is 5.58. The highest BCUT2D eigenvalue weighted by atomic mass is 32.2. The molecule has 0 spiro atoms. The zero-order chi connectivity index (χ0) is 23.3. The number of piperidine rings is 1. The van der Waals surface area contributed by atoms with Crippen LogP contribution in [0.2, 0.25) is 0 Å². The van der Waals surface area contributed by atoms with Crippen molar-refractivity contribution in [3.8, 4) is 5.75 Å². The van der Waals surface area contributed by atoms with Crippen LogP contribution in [0.25, 0.3) is 0 Å². The molecule has 33 heavy (non-hydrogen) atoms. The molecule has 1 aliphatic rings. The van der Waals surface area contributed by atoms with E-state index in [1.165, 1.54) is 29.1 Å². The molecule has 2 aromatic carbocycles. The normalized spacial score (nSPS) is 16.8. The number of benzene rings is 2. The summed E-state index contributed by atoms with van der Waals surface area (Å²) in [5.74, 6) is 0.0337. The molecule has 2 heterocycles. The summed E-state index contributed by atoms with van der Waals surface area (Å²) in [7, 11) is -2.13. The zero-order valence-corrected chi connectivity index (χ0v) is 19.3. The van der Waals surface area contributed by atoms with E-state index in [2.05, 4.69) is 10.3 Å². The van der Waals surface area contributed by atoms with E-state index in [0.717, 1.165) is 12.0 Å². The Balaban J connectivity index is 1.38. The molecule has 3 aromatic rings. The first-order valence-corrected chi connectivity index (χ1v) is 12.3. The van der Waals surface area contributed by atoms with Gasteiger partial charge in [0.15, 0.2) is 0 Å². The number of hydrogen-bond donors (Lipinski definition) is 1. The van der Waals surface area contributed by atoms with Crippen LogP contribution >= 0.6 is 0 Å². The van der Waals surface area contributed by atoms with Gasteiger partial charge in [0.25, 0.3) is 0 Å². The van der Waals surface area contributed by atoms with Crippen LogP contribution in [-0.4, -0.2) is 43.8 Å². The highest BCUT2D eigenvalue weighted by Crippen LogP contribution is 2.26. The molecule has 172 valence electrons. The molecule has 1 N–H and O–H groups in total. The maximum atomic E-state index is 13.1. The number of anilines is 1. The molecule has 0 radical (unpaired) electrons. The maximum absolute atomic E-state index is 13.1. The average Bonchev–Trinajstić information content (AvgIpc) is 2.86. The minimum absolute atomic E-state index is 0.161. The number of amides is 1. The van der Waals surface area contributed by atoms with Gasteiger partial charge < -0.3 is 10.1 Å². The van der Waals surface area contributed by atoms with Crippen molar-refractivity contribution in [3.63, 3.8) is 0 Å². The van der Waals surface area contributed by atoms with E-state index in [9.17, 15) is 13.2 Å². The molecule has 4 rings (SSSR count). The summed E-state index contributed by atoms with van der Waals surface area (Å²) in [6, 6.07) is 18.0. The first-order chi connectivity index (χ1) is 16.0. The number of rotatable bonds is 7. The van der Waals surface area contributed by atoms with Crippen molar-refractivity contribution in [1.82, 2.24) is 9.29 Å². The molecular weight excluding hydrogens is 438 g/mol. The monoisotopic (exact) mass is 465 g/mol. The van der Waals surface area contributed by atoms with E-state index >= 15 is 0 Å². The molecular formula is C25H27N3O4S. The number of carbonyl (C=O) groups excluding carboxylic acids is 1. The Hall–Kier alpha value is -3.23. The van der Waals surface area contributed by atoms with Crippen molar-refractivity contribution < 1.29 is 17.9 Å². The third-order valence-corrected chi connectivity index (χ3v) is 7.71. The lowest BCUT2D eigenvalue weighted by Gasteiger charge is -2.31. The topological polar surface area (TPSA) is 88.6 Å². The Morgan fingerprint density at radius 1 is 1.03 bits per heavy atom. The van der Waals surface area contributed by atoms with Gasteiger partial charge in [-0.2, -0.15) is 4.31 Å². The number of carbonyl (C=O) groups is 1. The summed E-state index contributed by atoms with van der Waals surface area (Å²) in [6.45, 7) is 0.572. The molecule has 0 bridgehead atoms. The SMILES string of the molecule is COc1ccc(S(=O)(=O)N2CCC[C@@H](C(=O)Nc3ccc(Cc4ccncc4)cc3)C2)cc1. The number of hydrogen-bond acceptors (Lipinski definition) is 5. The van der Waals surface area contributed by atoms with Gasteiger partial charge in [0.05, 0.1) is 17.9 Å². The lowest BCUT2D eigenvalue weighted by Crippen LogP contribution is -2.43. The zero-order valence-electron chi connectivity index (χ0n) is 18.5. The largest absolute Gasteiger partial charge is 0.497 e. The van der Waals surface area contributed by atoms with Crippen LogP contribution < -0.4 is 10.1 Å². The molecule has 1 aromatic heterocycles. The fraction of sp³-hybridized carbons (Fsp3) is 0.280. The molecule has 1 atom stereocenters. The van der Waals surface area contributed by atoms with Gasteiger partial charge in [0.2, 0.25) is 15.9 Å². The number of methoxy groups -OCH3 is 1. The first-order valence-electron chi connectivity index (χ1n) is 10.9. The predicted octanol–water partition coefficient (Wildman–Crippen LogP) is 3.72. The highest BCUT2D eigenvalue weighted by Gasteiger charge is 2.33. The van der Waals surface area contributed by atoms with Crippen LogP contribution in [0.4, 0.5) is 5.69 Å². The van der Waals surface area contributed by atoms with Crippen LogP contribution in [0, 0.1) is 5.92 Å². The number of nitrogens with one attached hydrogen (secondary N) is 1. The van der Waals surface area contributed by atoms with Crippen LogP contribution in [0.15, 0.2) is 78.0 Å². The molecule has 0 aliphatic carbocycles. The molecule has 1 fully saturated rings. The van der Waals surface area contributed by atoms with Crippen LogP contribution in [0.3, 0.4) is 0 Å². The Kier molecular flexibility index (Phi) is 7.05. The van der Waals surface area contributed by atoms with Gasteiger partial charge in [-0.15, -0.1) is 0 Å². The quantitative estimate of drug-likeness (QED) is 0.575. The van der Waals surface area contributed by atoms with Crippen molar-refractivity contribution in [2.24, 2.45) is 5.92 Å². The standard InChI is InChI=1S/C25H27N3O4S/c1-32-23-8-10-24(11-9-23)33(30,31)28-16-2-3-21(18-28)25(29)27-22-6-4-19(5-7-22)17-20-12-14-26-15-13-20/h4-15,21H,2-3,16-18H2,1H3,(H,27,29)/t21-/m1/s1. The maximum Gasteiger partial charge on any atom is 0.243 e. The second-order valence-corrected chi connectivity index (χ2v) is 10.0. The lowest BCUT2D eigenvalue weighted by molar-refractivity contribution is -0.120. The van der Waals surface area contributed by atoms with Crippen molar-refractivity contribution in [1.29, 1.82) is 0 Å². The van der Waals surface area contributed by atoms with E-state index in [0.29, 0.717) is 30.8 Å². The Morgan fingerprint density at radius 2 is 1.70 bits per heavy atom. The van der Waals surface area contributed by atoms with Crippen LogP contribution in [-0.2, 0) is 21.2 Å². The smallest absolute Gasteiger partial charge is 0.243 e. The Morgan fingerprint density at radius 3 is 2.36 bits per heavy atom. The molecule has 8 heteroatoms. The summed E-state index contributed by atoms with van der Waals surface area (Å²) < 4.78 is 32.6. The number of aromatic nitrogens is 1. The van der Waals surface area contributed by atoms with Crippen molar-refractivity contribution in [2.45, 2.75) is 24.2 Å². The Bertz CT molecular complexity index is 1180. The number of nitrogens with zero attached hydrogens (tertiary/aromatic N) is 2. The van der Waals surface area contributed by atoms with Gasteiger partial charge >= 0.3 is 0 Å². The fourth-order valence-electron chi connectivity index (χ4n) is 3.96. The third-order valence-electron chi connectivity index (χ3n) is 5.83. The molecule has 0 unspecified atom stereocenters. The minimum Gasteiger partial charge on any atom is -0.497 e.